The molecule has 9 heteroatoms. The molecular formula is C10H16Br3NO2S3. The summed E-state index contributed by atoms with van der Waals surface area (Å²) in [5.41, 5.74) is 0. The Morgan fingerprint density at radius 2 is 1.89 bits per heavy atom. The summed E-state index contributed by atoms with van der Waals surface area (Å²) >= 11 is 10.2. The Labute approximate surface area is 150 Å². The largest absolute Gasteiger partial charge is 1.00 e. The number of hydrogen-bond acceptors (Lipinski definition) is 4. The van der Waals surface area contributed by atoms with Gasteiger partial charge in [-0.3, -0.25) is 0 Å². The topological polar surface area (TPSA) is 37.1 Å². The Morgan fingerprint density at radius 3 is 2.32 bits per heavy atom. The molecule has 2 atom stereocenters. The Kier molecular flexibility index (Phi) is 6.04. The lowest BCUT2D eigenvalue weighted by molar-refractivity contribution is -0.515. The number of hydrogen-bond donors (Lipinski definition) is 0. The molecule has 2 saturated heterocycles. The molecule has 2 rings (SSSR count). The first-order valence-corrected chi connectivity index (χ1v) is 10.7. The maximum absolute atomic E-state index is 12.2. The van der Waals surface area contributed by atoms with E-state index in [0.717, 1.165) is 13.1 Å². The minimum absolute atomic E-state index is 0. The average Bonchev–Trinajstić information content (AvgIpc) is 2.63. The van der Waals surface area contributed by atoms with Gasteiger partial charge in [0, 0.05) is 5.25 Å². The number of thioether (sulfide) groups is 2. The van der Waals surface area contributed by atoms with Gasteiger partial charge in [-0.1, -0.05) is 31.9 Å². The molecule has 2 aliphatic heterocycles. The fourth-order valence-electron chi connectivity index (χ4n) is 2.18. The van der Waals surface area contributed by atoms with Gasteiger partial charge in [0.05, 0.1) is 10.5 Å². The summed E-state index contributed by atoms with van der Waals surface area (Å²) in [4.78, 5) is 0. The van der Waals surface area contributed by atoms with Crippen molar-refractivity contribution in [3.05, 3.63) is 0 Å². The van der Waals surface area contributed by atoms with Crippen LogP contribution in [0.25, 0.3) is 0 Å². The highest BCUT2D eigenvalue weighted by Crippen LogP contribution is 2.65. The van der Waals surface area contributed by atoms with Gasteiger partial charge in [-0.2, -0.15) is 0 Å². The normalized spacial score (nSPS) is 34.8. The predicted molar refractivity (Wildman–Crippen MR) is 88.1 cm³/mol. The van der Waals surface area contributed by atoms with Crippen molar-refractivity contribution in [3.63, 3.8) is 0 Å². The number of alkyl halides is 2. The lowest BCUT2D eigenvalue weighted by Gasteiger charge is -2.29. The van der Waals surface area contributed by atoms with Crippen molar-refractivity contribution >= 4 is 69.6 Å². The number of halogens is 3. The molecule has 3 nitrogen and oxygen atoms in total. The number of nitrogens with zero attached hydrogens (tertiary/aromatic N) is 1. The molecule has 0 N–H and O–H groups in total. The number of fused-ring (bicyclic) bond motifs is 1. The van der Waals surface area contributed by atoms with E-state index < -0.39 is 12.4 Å². The van der Waals surface area contributed by atoms with Crippen LogP contribution in [0.15, 0.2) is 0 Å². The summed E-state index contributed by atoms with van der Waals surface area (Å²) in [5, 5.41) is 0.0989. The van der Waals surface area contributed by atoms with E-state index in [2.05, 4.69) is 50.3 Å². The molecular weight excluding hydrogens is 502 g/mol. The van der Waals surface area contributed by atoms with E-state index in [-0.39, 0.29) is 32.7 Å². The minimum atomic E-state index is -3.14. The Morgan fingerprint density at radius 1 is 1.37 bits per heavy atom. The highest BCUT2D eigenvalue weighted by atomic mass is 79.9. The molecule has 0 aromatic rings. The summed E-state index contributed by atoms with van der Waals surface area (Å²) in [6.45, 7) is 8.19. The van der Waals surface area contributed by atoms with Crippen LogP contribution >= 0.6 is 55.4 Å². The molecule has 0 amide bonds. The van der Waals surface area contributed by atoms with Gasteiger partial charge < -0.3 is 17.0 Å². The van der Waals surface area contributed by atoms with E-state index >= 15 is 0 Å². The van der Waals surface area contributed by atoms with Crippen molar-refractivity contribution in [1.82, 2.24) is 0 Å². The van der Waals surface area contributed by atoms with Crippen LogP contribution in [-0.2, 0) is 9.84 Å². The fraction of sp³-hybridized carbons (Fsp3) is 0.900. The van der Waals surface area contributed by atoms with Crippen molar-refractivity contribution in [2.45, 2.75) is 33.3 Å². The first-order valence-electron chi connectivity index (χ1n) is 5.77. The van der Waals surface area contributed by atoms with Crippen LogP contribution in [0.5, 0.6) is 0 Å². The van der Waals surface area contributed by atoms with Crippen molar-refractivity contribution in [2.24, 2.45) is 0 Å². The van der Waals surface area contributed by atoms with Gasteiger partial charge in [0.25, 0.3) is 4.38 Å². The second-order valence-corrected chi connectivity index (χ2v) is 14.1. The van der Waals surface area contributed by atoms with Gasteiger partial charge in [-0.25, -0.2) is 13.0 Å². The summed E-state index contributed by atoms with van der Waals surface area (Å²) in [6, 6.07) is 0. The second-order valence-electron chi connectivity index (χ2n) is 4.55. The van der Waals surface area contributed by atoms with E-state index in [0.29, 0.717) is 0 Å². The zero-order valence-electron chi connectivity index (χ0n) is 10.8. The highest BCUT2D eigenvalue weighted by Gasteiger charge is 2.70. The summed E-state index contributed by atoms with van der Waals surface area (Å²) in [5.74, 6) is 0.225. The number of rotatable bonds is 2. The molecule has 0 saturated carbocycles. The van der Waals surface area contributed by atoms with Gasteiger partial charge >= 0.3 is 0 Å². The van der Waals surface area contributed by atoms with Crippen molar-refractivity contribution in [2.75, 3.05) is 18.8 Å². The predicted octanol–water partition coefficient (Wildman–Crippen LogP) is -0.122. The van der Waals surface area contributed by atoms with E-state index in [1.807, 2.05) is 6.92 Å². The maximum atomic E-state index is 12.2. The molecule has 0 spiro atoms. The zero-order chi connectivity index (χ0) is 13.8. The second kappa shape index (κ2) is 6.10. The smallest absolute Gasteiger partial charge is 0.271 e. The molecule has 0 aliphatic carbocycles. The van der Waals surface area contributed by atoms with Crippen LogP contribution in [0.1, 0.15) is 20.8 Å². The molecule has 2 heterocycles. The lowest BCUT2D eigenvalue weighted by atomic mass is 10.1. The van der Waals surface area contributed by atoms with Gasteiger partial charge in [0.2, 0.25) is 0 Å². The molecule has 0 aromatic heterocycles. The fourth-order valence-corrected chi connectivity index (χ4v) is 11.0. The van der Waals surface area contributed by atoms with Crippen molar-refractivity contribution < 1.29 is 30.0 Å². The van der Waals surface area contributed by atoms with E-state index in [9.17, 15) is 8.42 Å². The molecule has 19 heavy (non-hydrogen) atoms. The molecule has 112 valence electrons. The monoisotopic (exact) mass is 515 g/mol. The van der Waals surface area contributed by atoms with Gasteiger partial charge in [0.15, 0.2) is 12.4 Å². The van der Waals surface area contributed by atoms with Gasteiger partial charge in [-0.15, -0.1) is 0 Å². The van der Waals surface area contributed by atoms with Gasteiger partial charge in [-0.05, 0) is 44.3 Å². The van der Waals surface area contributed by atoms with Crippen molar-refractivity contribution in [3.8, 4) is 0 Å². The molecule has 0 radical (unpaired) electrons. The van der Waals surface area contributed by atoms with E-state index in [4.69, 9.17) is 0 Å². The maximum Gasteiger partial charge on any atom is 0.271 e. The van der Waals surface area contributed by atoms with Crippen LogP contribution in [0, 0.1) is 0 Å². The van der Waals surface area contributed by atoms with Crippen LogP contribution < -0.4 is 17.0 Å². The lowest BCUT2D eigenvalue weighted by Crippen LogP contribution is -3.00. The summed E-state index contributed by atoms with van der Waals surface area (Å²) < 4.78 is 26.5. The summed E-state index contributed by atoms with van der Waals surface area (Å²) in [7, 11) is -3.14. The van der Waals surface area contributed by atoms with Gasteiger partial charge in [0.1, 0.15) is 13.1 Å². The minimum Gasteiger partial charge on any atom is -1.00 e. The van der Waals surface area contributed by atoms with E-state index in [1.165, 1.54) is 4.38 Å². The molecule has 0 bridgehead atoms. The van der Waals surface area contributed by atoms with E-state index in [1.54, 1.807) is 23.5 Å². The molecule has 2 fully saturated rings. The number of sulfone groups is 1. The third-order valence-corrected chi connectivity index (χ3v) is 14.5. The highest BCUT2D eigenvalue weighted by molar-refractivity contribution is 9.28. The first kappa shape index (κ1) is 18.8. The SMILES string of the molecule is CC[N+](CC)=C1SC2CS(=O)(=O)C(Br)(Br)C2(C)S1.[Br-]. The van der Waals surface area contributed by atoms with Crippen molar-refractivity contribution in [1.29, 1.82) is 0 Å². The average molecular weight is 518 g/mol. The third kappa shape index (κ3) is 2.73. The van der Waals surface area contributed by atoms with Crippen LogP contribution in [0.2, 0.25) is 0 Å². The zero-order valence-corrected chi connectivity index (χ0v) is 18.0. The van der Waals surface area contributed by atoms with Crippen LogP contribution in [0.3, 0.4) is 0 Å². The quantitative estimate of drug-likeness (QED) is 0.378. The molecule has 2 aliphatic rings. The molecule has 2 unspecified atom stereocenters. The summed E-state index contributed by atoms with van der Waals surface area (Å²) in [6.07, 6.45) is 0. The van der Waals surface area contributed by atoms with Crippen LogP contribution in [0.4, 0.5) is 0 Å². The first-order chi connectivity index (χ1) is 8.19. The molecule has 0 aromatic carbocycles. The third-order valence-electron chi connectivity index (χ3n) is 3.52. The Hall–Kier alpha value is 1.76. The Bertz CT molecular complexity index is 500. The standard InChI is InChI=1S/C10H16Br2NO2S3.BrH/c1-4-13(5-2)8-16-7-6-18(14,15)10(11,12)9(7,3)17-8;/h7H,4-6H2,1-3H3;1H/q+1;/p-1. The van der Waals surface area contributed by atoms with Crippen LogP contribution in [-0.4, -0.2) is 48.8 Å². The Balaban J connectivity index is 0.00000180.